The molecule has 116 valence electrons. The van der Waals surface area contributed by atoms with Crippen molar-refractivity contribution >= 4 is 23.5 Å². The largest absolute Gasteiger partial charge is 0.493 e. The van der Waals surface area contributed by atoms with Crippen LogP contribution in [0.1, 0.15) is 10.4 Å². The van der Waals surface area contributed by atoms with Gasteiger partial charge in [-0.25, -0.2) is 4.79 Å². The summed E-state index contributed by atoms with van der Waals surface area (Å²) in [6.45, 7) is -0.584. The van der Waals surface area contributed by atoms with Crippen LogP contribution < -0.4 is 14.8 Å². The predicted molar refractivity (Wildman–Crippen MR) is 74.9 cm³/mol. The van der Waals surface area contributed by atoms with Crippen LogP contribution >= 0.6 is 11.6 Å². The van der Waals surface area contributed by atoms with Crippen molar-refractivity contribution in [1.29, 1.82) is 0 Å². The van der Waals surface area contributed by atoms with Crippen molar-refractivity contribution in [3.05, 3.63) is 22.7 Å². The van der Waals surface area contributed by atoms with E-state index in [1.165, 1.54) is 26.4 Å². The Hall–Kier alpha value is -1.99. The van der Waals surface area contributed by atoms with Gasteiger partial charge in [0, 0.05) is 5.56 Å². The van der Waals surface area contributed by atoms with Crippen LogP contribution in [-0.4, -0.2) is 51.0 Å². The molecule has 0 spiro atoms. The Morgan fingerprint density at radius 3 is 2.43 bits per heavy atom. The maximum Gasteiger partial charge on any atom is 0.330 e. The van der Waals surface area contributed by atoms with Crippen LogP contribution in [0.5, 0.6) is 11.5 Å². The summed E-state index contributed by atoms with van der Waals surface area (Å²) < 4.78 is 14.6. The van der Waals surface area contributed by atoms with E-state index < -0.39 is 24.5 Å². The minimum absolute atomic E-state index is 0.153. The van der Waals surface area contributed by atoms with Crippen LogP contribution in [0.2, 0.25) is 5.02 Å². The molecule has 0 saturated carbocycles. The van der Waals surface area contributed by atoms with Gasteiger partial charge in [-0.2, -0.15) is 0 Å². The number of nitrogens with one attached hydrogen (secondary N) is 1. The Labute approximate surface area is 126 Å². The zero-order valence-corrected chi connectivity index (χ0v) is 12.6. The average Bonchev–Trinajstić information content (AvgIpc) is 2.50. The summed E-state index contributed by atoms with van der Waals surface area (Å²) in [4.78, 5) is 23.4. The lowest BCUT2D eigenvalue weighted by Gasteiger charge is -2.15. The van der Waals surface area contributed by atoms with Crippen LogP contribution in [-0.2, 0) is 9.53 Å². The summed E-state index contributed by atoms with van der Waals surface area (Å²) in [6.07, 6.45) is 0. The standard InChI is InChI=1S/C13H16ClNO6/c1-19-10-5-7(4-8(14)11(10)20-2)12(17)15-9(6-16)13(18)21-3/h4-5,9,16H,6H2,1-3H3,(H,15,17). The van der Waals surface area contributed by atoms with Crippen LogP contribution in [0.15, 0.2) is 12.1 Å². The van der Waals surface area contributed by atoms with Crippen molar-refractivity contribution in [2.24, 2.45) is 0 Å². The topological polar surface area (TPSA) is 94.1 Å². The molecular weight excluding hydrogens is 302 g/mol. The van der Waals surface area contributed by atoms with Crippen LogP contribution in [0.25, 0.3) is 0 Å². The number of methoxy groups -OCH3 is 3. The highest BCUT2D eigenvalue weighted by Gasteiger charge is 2.22. The second-order valence-electron chi connectivity index (χ2n) is 3.93. The fraction of sp³-hybridized carbons (Fsp3) is 0.385. The Balaban J connectivity index is 3.02. The molecule has 8 heteroatoms. The number of hydrogen-bond acceptors (Lipinski definition) is 6. The molecule has 2 N–H and O–H groups in total. The number of aliphatic hydroxyl groups is 1. The highest BCUT2D eigenvalue weighted by Crippen LogP contribution is 2.35. The van der Waals surface area contributed by atoms with Crippen molar-refractivity contribution in [2.45, 2.75) is 6.04 Å². The molecule has 0 fully saturated rings. The van der Waals surface area contributed by atoms with Gasteiger partial charge in [0.25, 0.3) is 5.91 Å². The number of carbonyl (C=O) groups is 2. The van der Waals surface area contributed by atoms with Gasteiger partial charge in [-0.1, -0.05) is 11.6 Å². The first-order valence-electron chi connectivity index (χ1n) is 5.89. The van der Waals surface area contributed by atoms with Crippen molar-refractivity contribution in [2.75, 3.05) is 27.9 Å². The molecule has 0 saturated heterocycles. The predicted octanol–water partition coefficient (Wildman–Crippen LogP) is 0.621. The van der Waals surface area contributed by atoms with E-state index in [1.807, 2.05) is 0 Å². The van der Waals surface area contributed by atoms with E-state index in [0.717, 1.165) is 7.11 Å². The summed E-state index contributed by atoms with van der Waals surface area (Å²) in [5, 5.41) is 11.6. The number of rotatable bonds is 6. The van der Waals surface area contributed by atoms with Gasteiger partial charge in [-0.05, 0) is 12.1 Å². The molecule has 1 atom stereocenters. The van der Waals surface area contributed by atoms with Gasteiger partial charge in [0.05, 0.1) is 33.0 Å². The summed E-state index contributed by atoms with van der Waals surface area (Å²) in [5.41, 5.74) is 0.153. The fourth-order valence-corrected chi connectivity index (χ4v) is 1.90. The van der Waals surface area contributed by atoms with Crippen LogP contribution in [0, 0.1) is 0 Å². The van der Waals surface area contributed by atoms with Crippen molar-refractivity contribution < 1.29 is 28.9 Å². The minimum atomic E-state index is -1.16. The first-order valence-corrected chi connectivity index (χ1v) is 6.27. The zero-order chi connectivity index (χ0) is 16.0. The third-order valence-corrected chi connectivity index (χ3v) is 2.95. The molecule has 1 rings (SSSR count). The number of ether oxygens (including phenoxy) is 3. The third-order valence-electron chi connectivity index (χ3n) is 2.67. The lowest BCUT2D eigenvalue weighted by Crippen LogP contribution is -2.44. The molecule has 0 aliphatic carbocycles. The molecule has 0 aliphatic rings. The monoisotopic (exact) mass is 317 g/mol. The molecule has 1 aromatic carbocycles. The van der Waals surface area contributed by atoms with Crippen molar-refractivity contribution in [3.63, 3.8) is 0 Å². The smallest absolute Gasteiger partial charge is 0.330 e. The molecule has 0 bridgehead atoms. The second kappa shape index (κ2) is 7.70. The lowest BCUT2D eigenvalue weighted by molar-refractivity contribution is -0.143. The highest BCUT2D eigenvalue weighted by atomic mass is 35.5. The normalized spacial score (nSPS) is 11.5. The van der Waals surface area contributed by atoms with Crippen LogP contribution in [0.3, 0.4) is 0 Å². The number of benzene rings is 1. The number of aliphatic hydroxyl groups excluding tert-OH is 1. The fourth-order valence-electron chi connectivity index (χ4n) is 1.61. The number of carbonyl (C=O) groups excluding carboxylic acids is 2. The number of esters is 1. The van der Waals surface area contributed by atoms with Crippen molar-refractivity contribution in [1.82, 2.24) is 5.32 Å². The Morgan fingerprint density at radius 2 is 1.95 bits per heavy atom. The molecular formula is C13H16ClNO6. The quantitative estimate of drug-likeness (QED) is 0.747. The van der Waals surface area contributed by atoms with E-state index in [-0.39, 0.29) is 16.3 Å². The molecule has 0 heterocycles. The van der Waals surface area contributed by atoms with Gasteiger partial charge in [0.15, 0.2) is 17.5 Å². The minimum Gasteiger partial charge on any atom is -0.493 e. The maximum absolute atomic E-state index is 12.1. The number of hydrogen-bond donors (Lipinski definition) is 2. The average molecular weight is 318 g/mol. The molecule has 0 aliphatic heterocycles. The zero-order valence-electron chi connectivity index (χ0n) is 11.8. The Bertz CT molecular complexity index is 534. The molecule has 21 heavy (non-hydrogen) atoms. The van der Waals surface area contributed by atoms with Gasteiger partial charge >= 0.3 is 5.97 Å². The van der Waals surface area contributed by atoms with E-state index in [1.54, 1.807) is 0 Å². The van der Waals surface area contributed by atoms with Gasteiger partial charge in [0.1, 0.15) is 0 Å². The van der Waals surface area contributed by atoms with E-state index in [9.17, 15) is 9.59 Å². The number of halogens is 1. The maximum atomic E-state index is 12.1. The molecule has 1 aromatic rings. The van der Waals surface area contributed by atoms with Crippen molar-refractivity contribution in [3.8, 4) is 11.5 Å². The lowest BCUT2D eigenvalue weighted by atomic mass is 10.1. The third kappa shape index (κ3) is 3.99. The highest BCUT2D eigenvalue weighted by molar-refractivity contribution is 6.32. The van der Waals surface area contributed by atoms with E-state index in [0.29, 0.717) is 5.75 Å². The van der Waals surface area contributed by atoms with Crippen LogP contribution in [0.4, 0.5) is 0 Å². The van der Waals surface area contributed by atoms with E-state index >= 15 is 0 Å². The van der Waals surface area contributed by atoms with Gasteiger partial charge in [-0.3, -0.25) is 4.79 Å². The van der Waals surface area contributed by atoms with Gasteiger partial charge in [0.2, 0.25) is 0 Å². The summed E-state index contributed by atoms with van der Waals surface area (Å²) in [7, 11) is 3.98. The SMILES string of the molecule is COC(=O)C(CO)NC(=O)c1cc(Cl)c(OC)c(OC)c1. The first-order chi connectivity index (χ1) is 9.98. The molecule has 0 radical (unpaired) electrons. The molecule has 1 unspecified atom stereocenters. The van der Waals surface area contributed by atoms with E-state index in [2.05, 4.69) is 10.1 Å². The Kier molecular flexibility index (Phi) is 6.26. The second-order valence-corrected chi connectivity index (χ2v) is 4.33. The summed E-state index contributed by atoms with van der Waals surface area (Å²) in [5.74, 6) is -0.795. The Morgan fingerprint density at radius 1 is 1.29 bits per heavy atom. The molecule has 7 nitrogen and oxygen atoms in total. The summed E-state index contributed by atoms with van der Waals surface area (Å²) in [6, 6.07) is 1.62. The van der Waals surface area contributed by atoms with Gasteiger partial charge < -0.3 is 24.6 Å². The van der Waals surface area contributed by atoms with E-state index in [4.69, 9.17) is 26.2 Å². The molecule has 0 aromatic heterocycles. The number of amides is 1. The van der Waals surface area contributed by atoms with Gasteiger partial charge in [-0.15, -0.1) is 0 Å². The summed E-state index contributed by atoms with van der Waals surface area (Å²) >= 11 is 5.99. The molecule has 1 amide bonds. The first kappa shape index (κ1) is 17.1.